The molecule has 220 valence electrons. The van der Waals surface area contributed by atoms with Gasteiger partial charge in [0.25, 0.3) is 10.0 Å². The monoisotopic (exact) mass is 601 g/mol. The normalized spacial score (nSPS) is 14.0. The standard InChI is InChI=1S/C29H35N3O7S2/c1-4-39-25-12-10-24(11-13-25)32(41(36,37)28-19-22(2)7-16-27(28)38-3)21-29(33)30-20-23-8-14-26(15-9-23)40(34,35)31-17-5-6-18-31/h7-16,19H,4-6,17-18,20-21H2,1-3H3,(H,30,33). The molecule has 41 heavy (non-hydrogen) atoms. The van der Waals surface area contributed by atoms with E-state index in [1.54, 1.807) is 55.5 Å². The van der Waals surface area contributed by atoms with Crippen LogP contribution in [0.1, 0.15) is 30.9 Å². The minimum absolute atomic E-state index is 0.0588. The van der Waals surface area contributed by atoms with E-state index in [-0.39, 0.29) is 27.8 Å². The first-order chi connectivity index (χ1) is 19.6. The number of methoxy groups -OCH3 is 1. The largest absolute Gasteiger partial charge is 0.495 e. The van der Waals surface area contributed by atoms with Crippen molar-refractivity contribution in [1.29, 1.82) is 0 Å². The van der Waals surface area contributed by atoms with Gasteiger partial charge in [0, 0.05) is 19.6 Å². The highest BCUT2D eigenvalue weighted by Gasteiger charge is 2.31. The average Bonchev–Trinajstić information content (AvgIpc) is 3.52. The van der Waals surface area contributed by atoms with Gasteiger partial charge in [-0.3, -0.25) is 9.10 Å². The fraction of sp³-hybridized carbons (Fsp3) is 0.345. The summed E-state index contributed by atoms with van der Waals surface area (Å²) in [7, 11) is -6.37. The molecule has 1 heterocycles. The van der Waals surface area contributed by atoms with Gasteiger partial charge in [0.15, 0.2) is 0 Å². The number of carbonyl (C=O) groups excluding carboxylic acids is 1. The second-order valence-corrected chi connectivity index (χ2v) is 13.4. The Kier molecular flexibility index (Phi) is 9.57. The summed E-state index contributed by atoms with van der Waals surface area (Å²) >= 11 is 0. The molecule has 1 fully saturated rings. The van der Waals surface area contributed by atoms with Gasteiger partial charge in [0.1, 0.15) is 22.9 Å². The molecule has 0 spiro atoms. The number of hydrogen-bond acceptors (Lipinski definition) is 7. The Bertz CT molecular complexity index is 1570. The molecule has 3 aromatic rings. The quantitative estimate of drug-likeness (QED) is 0.336. The van der Waals surface area contributed by atoms with Crippen LogP contribution in [0.4, 0.5) is 5.69 Å². The van der Waals surface area contributed by atoms with Gasteiger partial charge in [-0.05, 0) is 86.3 Å². The second-order valence-electron chi connectivity index (χ2n) is 9.62. The first kappa shape index (κ1) is 30.4. The fourth-order valence-corrected chi connectivity index (χ4v) is 7.72. The van der Waals surface area contributed by atoms with Crippen molar-refractivity contribution >= 4 is 31.6 Å². The van der Waals surface area contributed by atoms with Crippen LogP contribution in [-0.4, -0.2) is 60.4 Å². The summed E-state index contributed by atoms with van der Waals surface area (Å²) < 4.78 is 66.7. The van der Waals surface area contributed by atoms with E-state index in [2.05, 4.69) is 5.32 Å². The summed E-state index contributed by atoms with van der Waals surface area (Å²) in [5, 5.41) is 2.75. The molecule has 1 N–H and O–H groups in total. The van der Waals surface area contributed by atoms with Crippen LogP contribution < -0.4 is 19.1 Å². The summed E-state index contributed by atoms with van der Waals surface area (Å²) in [6, 6.07) is 17.6. The third-order valence-electron chi connectivity index (χ3n) is 6.73. The van der Waals surface area contributed by atoms with Gasteiger partial charge in [-0.1, -0.05) is 18.2 Å². The Morgan fingerprint density at radius 3 is 2.22 bits per heavy atom. The smallest absolute Gasteiger partial charge is 0.268 e. The van der Waals surface area contributed by atoms with Gasteiger partial charge < -0.3 is 14.8 Å². The molecule has 0 unspecified atom stereocenters. The Hall–Kier alpha value is -3.61. The number of nitrogens with zero attached hydrogens (tertiary/aromatic N) is 2. The Balaban J connectivity index is 1.54. The highest BCUT2D eigenvalue weighted by molar-refractivity contribution is 7.93. The summed E-state index contributed by atoms with van der Waals surface area (Å²) in [4.78, 5) is 13.2. The van der Waals surface area contributed by atoms with Crippen molar-refractivity contribution in [1.82, 2.24) is 9.62 Å². The minimum atomic E-state index is -4.22. The average molecular weight is 602 g/mol. The van der Waals surface area contributed by atoms with Crippen molar-refractivity contribution in [3.8, 4) is 11.5 Å². The van der Waals surface area contributed by atoms with Crippen molar-refractivity contribution < 1.29 is 31.1 Å². The van der Waals surface area contributed by atoms with E-state index in [1.807, 2.05) is 6.92 Å². The predicted molar refractivity (Wildman–Crippen MR) is 156 cm³/mol. The van der Waals surface area contributed by atoms with Crippen LogP contribution in [0.3, 0.4) is 0 Å². The van der Waals surface area contributed by atoms with Crippen molar-refractivity contribution in [3.05, 3.63) is 77.9 Å². The van der Waals surface area contributed by atoms with Crippen LogP contribution in [0, 0.1) is 6.92 Å². The number of anilines is 1. The van der Waals surface area contributed by atoms with E-state index < -0.39 is 32.5 Å². The molecule has 0 atom stereocenters. The third kappa shape index (κ3) is 7.00. The van der Waals surface area contributed by atoms with E-state index >= 15 is 0 Å². The summed E-state index contributed by atoms with van der Waals surface area (Å²) in [6.07, 6.45) is 1.70. The van der Waals surface area contributed by atoms with Crippen molar-refractivity contribution in [2.75, 3.05) is 37.7 Å². The Morgan fingerprint density at radius 1 is 0.951 bits per heavy atom. The van der Waals surface area contributed by atoms with E-state index in [4.69, 9.17) is 9.47 Å². The number of sulfonamides is 2. The molecule has 3 aromatic carbocycles. The Labute approximate surface area is 242 Å². The predicted octanol–water partition coefficient (Wildman–Crippen LogP) is 3.70. The molecule has 1 amide bonds. The van der Waals surface area contributed by atoms with Gasteiger partial charge in [-0.15, -0.1) is 0 Å². The highest BCUT2D eigenvalue weighted by atomic mass is 32.2. The molecule has 0 aliphatic carbocycles. The minimum Gasteiger partial charge on any atom is -0.495 e. The molecule has 10 nitrogen and oxygen atoms in total. The second kappa shape index (κ2) is 12.9. The van der Waals surface area contributed by atoms with E-state index in [0.29, 0.717) is 31.0 Å². The number of ether oxygens (including phenoxy) is 2. The maximum absolute atomic E-state index is 13.9. The van der Waals surface area contributed by atoms with Crippen LogP contribution in [0.25, 0.3) is 0 Å². The van der Waals surface area contributed by atoms with Crippen LogP contribution in [0.5, 0.6) is 11.5 Å². The molecule has 12 heteroatoms. The van der Waals surface area contributed by atoms with E-state index in [1.165, 1.54) is 29.6 Å². The van der Waals surface area contributed by atoms with Crippen molar-refractivity contribution in [2.24, 2.45) is 0 Å². The summed E-state index contributed by atoms with van der Waals surface area (Å²) in [6.45, 7) is 4.70. The first-order valence-corrected chi connectivity index (χ1v) is 16.2. The molecule has 0 bridgehead atoms. The number of rotatable bonds is 12. The molecule has 1 aliphatic heterocycles. The molecule has 0 radical (unpaired) electrons. The molecule has 4 rings (SSSR count). The van der Waals surface area contributed by atoms with Crippen LogP contribution >= 0.6 is 0 Å². The lowest BCUT2D eigenvalue weighted by Crippen LogP contribution is -2.40. The maximum atomic E-state index is 13.9. The number of carbonyl (C=O) groups is 1. The lowest BCUT2D eigenvalue weighted by Gasteiger charge is -2.25. The lowest BCUT2D eigenvalue weighted by molar-refractivity contribution is -0.119. The fourth-order valence-electron chi connectivity index (χ4n) is 4.54. The summed E-state index contributed by atoms with van der Waals surface area (Å²) in [5.41, 5.74) is 1.67. The van der Waals surface area contributed by atoms with Crippen LogP contribution in [0.2, 0.25) is 0 Å². The molecule has 0 aromatic heterocycles. The van der Waals surface area contributed by atoms with Crippen LogP contribution in [-0.2, 0) is 31.4 Å². The number of nitrogens with one attached hydrogen (secondary N) is 1. The van der Waals surface area contributed by atoms with E-state index in [0.717, 1.165) is 22.7 Å². The van der Waals surface area contributed by atoms with Gasteiger partial charge >= 0.3 is 0 Å². The third-order valence-corrected chi connectivity index (χ3v) is 10.4. The SMILES string of the molecule is CCOc1ccc(N(CC(=O)NCc2ccc(S(=O)(=O)N3CCCC3)cc2)S(=O)(=O)c2cc(C)ccc2OC)cc1. The zero-order chi connectivity index (χ0) is 29.6. The summed E-state index contributed by atoms with van der Waals surface area (Å²) in [5.74, 6) is 0.195. The van der Waals surface area contributed by atoms with Gasteiger partial charge in [-0.25, -0.2) is 16.8 Å². The number of amides is 1. The zero-order valence-corrected chi connectivity index (χ0v) is 25.0. The van der Waals surface area contributed by atoms with Gasteiger partial charge in [-0.2, -0.15) is 4.31 Å². The lowest BCUT2D eigenvalue weighted by atomic mass is 10.2. The van der Waals surface area contributed by atoms with Crippen molar-refractivity contribution in [3.63, 3.8) is 0 Å². The number of benzene rings is 3. The van der Waals surface area contributed by atoms with Gasteiger partial charge in [0.2, 0.25) is 15.9 Å². The van der Waals surface area contributed by atoms with Crippen molar-refractivity contribution in [2.45, 2.75) is 43.0 Å². The molecule has 0 saturated carbocycles. The molecular weight excluding hydrogens is 566 g/mol. The molecular formula is C29H35N3O7S2. The number of hydrogen-bond donors (Lipinski definition) is 1. The van der Waals surface area contributed by atoms with E-state index in [9.17, 15) is 21.6 Å². The number of aryl methyl sites for hydroxylation is 1. The zero-order valence-electron chi connectivity index (χ0n) is 23.4. The highest BCUT2D eigenvalue weighted by Crippen LogP contribution is 2.31. The molecule has 1 aliphatic rings. The topological polar surface area (TPSA) is 122 Å². The van der Waals surface area contributed by atoms with Gasteiger partial charge in [0.05, 0.1) is 24.3 Å². The first-order valence-electron chi connectivity index (χ1n) is 13.3. The molecule has 1 saturated heterocycles. The van der Waals surface area contributed by atoms with Crippen LogP contribution in [0.15, 0.2) is 76.5 Å². The Morgan fingerprint density at radius 2 is 1.61 bits per heavy atom. The maximum Gasteiger partial charge on any atom is 0.268 e.